The van der Waals surface area contributed by atoms with Gasteiger partial charge in [0, 0.05) is 25.7 Å². The molecular weight excluding hydrogens is 328 g/mol. The molecule has 0 saturated carbocycles. The summed E-state index contributed by atoms with van der Waals surface area (Å²) in [5.41, 5.74) is 4.41. The fourth-order valence-corrected chi connectivity index (χ4v) is 3.16. The minimum atomic E-state index is 0.0578. The van der Waals surface area contributed by atoms with Crippen LogP contribution in [0.4, 0.5) is 0 Å². The minimum Gasteiger partial charge on any atom is -0.497 e. The van der Waals surface area contributed by atoms with Crippen molar-refractivity contribution in [1.82, 2.24) is 20.0 Å². The van der Waals surface area contributed by atoms with Crippen molar-refractivity contribution >= 4 is 5.91 Å². The van der Waals surface area contributed by atoms with Gasteiger partial charge in [-0.05, 0) is 57.6 Å². The summed E-state index contributed by atoms with van der Waals surface area (Å²) < 4.78 is 7.18. The molecule has 2 aromatic rings. The number of amides is 1. The van der Waals surface area contributed by atoms with Crippen molar-refractivity contribution in [3.8, 4) is 5.75 Å². The summed E-state index contributed by atoms with van der Waals surface area (Å²) in [6.07, 6.45) is 1.18. The number of likely N-dealkylation sites (N-methyl/N-ethyl adjacent to an activating group) is 1. The van der Waals surface area contributed by atoms with Gasteiger partial charge in [0.25, 0.3) is 0 Å². The zero-order valence-corrected chi connectivity index (χ0v) is 16.7. The molecule has 142 valence electrons. The predicted octanol–water partition coefficient (Wildman–Crippen LogP) is 2.40. The summed E-state index contributed by atoms with van der Waals surface area (Å²) in [4.78, 5) is 14.4. The van der Waals surface area contributed by atoms with Gasteiger partial charge in [0.15, 0.2) is 0 Å². The van der Waals surface area contributed by atoms with Crippen molar-refractivity contribution in [2.45, 2.75) is 32.7 Å². The second kappa shape index (κ2) is 8.85. The molecule has 0 radical (unpaired) electrons. The number of aryl methyl sites for hydroxylation is 2. The molecule has 0 spiro atoms. The van der Waals surface area contributed by atoms with Crippen LogP contribution in [-0.4, -0.2) is 48.3 Å². The van der Waals surface area contributed by atoms with E-state index in [0.29, 0.717) is 19.4 Å². The van der Waals surface area contributed by atoms with Crippen molar-refractivity contribution in [3.63, 3.8) is 0 Å². The third-order valence-corrected chi connectivity index (χ3v) is 4.86. The van der Waals surface area contributed by atoms with E-state index in [4.69, 9.17) is 4.74 Å². The highest BCUT2D eigenvalue weighted by Crippen LogP contribution is 2.22. The van der Waals surface area contributed by atoms with Crippen molar-refractivity contribution in [2.75, 3.05) is 27.7 Å². The van der Waals surface area contributed by atoms with Gasteiger partial charge in [-0.15, -0.1) is 0 Å². The number of aromatic nitrogens is 2. The summed E-state index contributed by atoms with van der Waals surface area (Å²) in [5.74, 6) is 0.880. The minimum absolute atomic E-state index is 0.0578. The Bertz CT molecular complexity index is 752. The molecule has 6 heteroatoms. The monoisotopic (exact) mass is 358 g/mol. The van der Waals surface area contributed by atoms with Gasteiger partial charge in [-0.2, -0.15) is 5.10 Å². The van der Waals surface area contributed by atoms with E-state index in [9.17, 15) is 4.79 Å². The van der Waals surface area contributed by atoms with Crippen LogP contribution in [0.2, 0.25) is 0 Å². The number of hydrogen-bond acceptors (Lipinski definition) is 4. The Hall–Kier alpha value is -2.34. The lowest BCUT2D eigenvalue weighted by Crippen LogP contribution is -2.34. The van der Waals surface area contributed by atoms with E-state index in [0.717, 1.165) is 22.7 Å². The second-order valence-electron chi connectivity index (χ2n) is 6.83. The molecule has 0 fully saturated rings. The van der Waals surface area contributed by atoms with E-state index in [-0.39, 0.29) is 11.9 Å². The smallest absolute Gasteiger partial charge is 0.220 e. The Balaban J connectivity index is 1.95. The van der Waals surface area contributed by atoms with Crippen LogP contribution in [0.25, 0.3) is 0 Å². The first-order valence-corrected chi connectivity index (χ1v) is 8.89. The highest BCUT2D eigenvalue weighted by atomic mass is 16.5. The van der Waals surface area contributed by atoms with Gasteiger partial charge in [-0.1, -0.05) is 12.1 Å². The Labute approximate surface area is 156 Å². The largest absolute Gasteiger partial charge is 0.497 e. The lowest BCUT2D eigenvalue weighted by atomic mass is 10.0. The Morgan fingerprint density at radius 2 is 2.08 bits per heavy atom. The lowest BCUT2D eigenvalue weighted by Gasteiger charge is -2.25. The average molecular weight is 358 g/mol. The van der Waals surface area contributed by atoms with E-state index < -0.39 is 0 Å². The highest BCUT2D eigenvalue weighted by molar-refractivity contribution is 5.76. The first-order valence-electron chi connectivity index (χ1n) is 8.89. The fourth-order valence-electron chi connectivity index (χ4n) is 3.16. The third-order valence-electron chi connectivity index (χ3n) is 4.86. The van der Waals surface area contributed by atoms with E-state index in [1.807, 2.05) is 57.9 Å². The van der Waals surface area contributed by atoms with Crippen molar-refractivity contribution in [1.29, 1.82) is 0 Å². The van der Waals surface area contributed by atoms with E-state index in [1.54, 1.807) is 7.11 Å². The number of carbonyl (C=O) groups is 1. The van der Waals surface area contributed by atoms with E-state index >= 15 is 0 Å². The zero-order chi connectivity index (χ0) is 19.3. The van der Waals surface area contributed by atoms with Crippen LogP contribution in [-0.2, 0) is 18.3 Å². The SMILES string of the molecule is COc1cccc(C(CNC(=O)CCc2c(C)nn(C)c2C)N(C)C)c1. The molecule has 0 aliphatic heterocycles. The van der Waals surface area contributed by atoms with Crippen LogP contribution < -0.4 is 10.1 Å². The predicted molar refractivity (Wildman–Crippen MR) is 103 cm³/mol. The number of methoxy groups -OCH3 is 1. The molecule has 1 atom stereocenters. The Morgan fingerprint density at radius 1 is 1.35 bits per heavy atom. The molecule has 1 heterocycles. The summed E-state index contributed by atoms with van der Waals surface area (Å²) >= 11 is 0. The van der Waals surface area contributed by atoms with Crippen LogP contribution in [0.15, 0.2) is 24.3 Å². The van der Waals surface area contributed by atoms with Gasteiger partial charge in [0.2, 0.25) is 5.91 Å². The summed E-state index contributed by atoms with van der Waals surface area (Å²) in [6.45, 7) is 4.59. The maximum absolute atomic E-state index is 12.3. The molecule has 26 heavy (non-hydrogen) atoms. The molecule has 6 nitrogen and oxygen atoms in total. The van der Waals surface area contributed by atoms with Crippen LogP contribution in [0.1, 0.15) is 35.0 Å². The fraction of sp³-hybridized carbons (Fsp3) is 0.500. The summed E-state index contributed by atoms with van der Waals surface area (Å²) in [5, 5.41) is 7.48. The summed E-state index contributed by atoms with van der Waals surface area (Å²) in [6, 6.07) is 8.06. The number of carbonyl (C=O) groups excluding carboxylic acids is 1. The topological polar surface area (TPSA) is 59.4 Å². The average Bonchev–Trinajstić information content (AvgIpc) is 2.85. The first kappa shape index (κ1) is 20.0. The zero-order valence-electron chi connectivity index (χ0n) is 16.7. The molecule has 1 amide bonds. The standard InChI is InChI=1S/C20H30N4O2/c1-14-18(15(2)24(5)22-14)10-11-20(25)21-13-19(23(3)4)16-8-7-9-17(12-16)26-6/h7-9,12,19H,10-11,13H2,1-6H3,(H,21,25). The molecule has 2 rings (SSSR count). The maximum atomic E-state index is 12.3. The number of nitrogens with one attached hydrogen (secondary N) is 1. The van der Waals surface area contributed by atoms with E-state index in [2.05, 4.69) is 21.4 Å². The molecule has 1 unspecified atom stereocenters. The number of ether oxygens (including phenoxy) is 1. The number of rotatable bonds is 8. The normalized spacial score (nSPS) is 12.3. The van der Waals surface area contributed by atoms with Crippen LogP contribution >= 0.6 is 0 Å². The van der Waals surface area contributed by atoms with Gasteiger partial charge in [-0.3, -0.25) is 9.48 Å². The molecule has 0 bridgehead atoms. The quantitative estimate of drug-likeness (QED) is 0.787. The Kier molecular flexibility index (Phi) is 6.80. The highest BCUT2D eigenvalue weighted by Gasteiger charge is 2.17. The maximum Gasteiger partial charge on any atom is 0.220 e. The number of benzene rings is 1. The van der Waals surface area contributed by atoms with Gasteiger partial charge >= 0.3 is 0 Å². The molecule has 0 aliphatic carbocycles. The van der Waals surface area contributed by atoms with Crippen molar-refractivity contribution in [3.05, 3.63) is 46.8 Å². The molecular formula is C20H30N4O2. The number of hydrogen-bond donors (Lipinski definition) is 1. The first-order chi connectivity index (χ1) is 12.3. The van der Waals surface area contributed by atoms with Crippen molar-refractivity contribution < 1.29 is 9.53 Å². The third kappa shape index (κ3) is 4.85. The van der Waals surface area contributed by atoms with Crippen LogP contribution in [0.3, 0.4) is 0 Å². The van der Waals surface area contributed by atoms with Crippen LogP contribution in [0.5, 0.6) is 5.75 Å². The van der Waals surface area contributed by atoms with Crippen LogP contribution in [0, 0.1) is 13.8 Å². The summed E-state index contributed by atoms with van der Waals surface area (Å²) in [7, 11) is 7.62. The molecule has 0 saturated heterocycles. The Morgan fingerprint density at radius 3 is 2.65 bits per heavy atom. The van der Waals surface area contributed by atoms with Crippen molar-refractivity contribution in [2.24, 2.45) is 7.05 Å². The van der Waals surface area contributed by atoms with E-state index in [1.165, 1.54) is 5.56 Å². The van der Waals surface area contributed by atoms with Gasteiger partial charge in [0.05, 0.1) is 18.8 Å². The van der Waals surface area contributed by atoms with Gasteiger partial charge in [-0.25, -0.2) is 0 Å². The van der Waals surface area contributed by atoms with Gasteiger partial charge < -0.3 is 15.0 Å². The molecule has 0 aliphatic rings. The molecule has 1 N–H and O–H groups in total. The number of nitrogens with zero attached hydrogens (tertiary/aromatic N) is 3. The molecule has 1 aromatic heterocycles. The van der Waals surface area contributed by atoms with Gasteiger partial charge in [0.1, 0.15) is 5.75 Å². The second-order valence-corrected chi connectivity index (χ2v) is 6.83. The lowest BCUT2D eigenvalue weighted by molar-refractivity contribution is -0.121. The molecule has 1 aromatic carbocycles.